The highest BCUT2D eigenvalue weighted by Crippen LogP contribution is 2.04. The Morgan fingerprint density at radius 1 is 1.50 bits per heavy atom. The molecule has 0 aromatic carbocycles. The van der Waals surface area contributed by atoms with Crippen LogP contribution in [0.5, 0.6) is 0 Å². The molecule has 0 amide bonds. The van der Waals surface area contributed by atoms with Gasteiger partial charge in [-0.3, -0.25) is 4.79 Å². The van der Waals surface area contributed by atoms with E-state index in [4.69, 9.17) is 4.74 Å². The van der Waals surface area contributed by atoms with Gasteiger partial charge in [0.2, 0.25) is 0 Å². The lowest BCUT2D eigenvalue weighted by Gasteiger charge is -2.11. The minimum Gasteiger partial charge on any atom is -0.384 e. The highest BCUT2D eigenvalue weighted by molar-refractivity contribution is 5.73. The molecule has 0 aliphatic rings. The maximum absolute atomic E-state index is 10.8. The summed E-state index contributed by atoms with van der Waals surface area (Å²) in [6, 6.07) is 0. The van der Waals surface area contributed by atoms with Gasteiger partial charge in [0.1, 0.15) is 5.69 Å². The summed E-state index contributed by atoms with van der Waals surface area (Å²) in [4.78, 5) is 12.8. The average Bonchev–Trinajstić information content (AvgIpc) is 2.65. The van der Waals surface area contributed by atoms with Crippen LogP contribution in [0.3, 0.4) is 0 Å². The Kier molecular flexibility index (Phi) is 5.07. The van der Waals surface area contributed by atoms with E-state index in [0.29, 0.717) is 18.7 Å². The zero-order chi connectivity index (χ0) is 12.0. The highest BCUT2D eigenvalue weighted by Gasteiger charge is 2.11. The maximum atomic E-state index is 10.8. The van der Waals surface area contributed by atoms with E-state index < -0.39 is 0 Å². The Balaban J connectivity index is 2.73. The molecular weight excluding hydrogens is 208 g/mol. The van der Waals surface area contributed by atoms with Crippen LogP contribution in [0.1, 0.15) is 16.2 Å². The number of ether oxygens (including phenoxy) is 1. The Labute approximate surface area is 95.2 Å². The summed E-state index contributed by atoms with van der Waals surface area (Å²) in [5.74, 6) is 0. The van der Waals surface area contributed by atoms with Gasteiger partial charge in [0.15, 0.2) is 6.29 Å². The van der Waals surface area contributed by atoms with Gasteiger partial charge in [-0.2, -0.15) is 0 Å². The number of carbonyl (C=O) groups excluding carboxylic acids is 1. The first-order valence-electron chi connectivity index (χ1n) is 5.20. The normalized spacial score (nSPS) is 11.0. The number of hydrogen-bond acceptors (Lipinski definition) is 5. The van der Waals surface area contributed by atoms with Crippen molar-refractivity contribution in [2.75, 3.05) is 34.4 Å². The van der Waals surface area contributed by atoms with Gasteiger partial charge >= 0.3 is 0 Å². The highest BCUT2D eigenvalue weighted by atomic mass is 16.5. The number of hydrogen-bond donors (Lipinski definition) is 0. The van der Waals surface area contributed by atoms with Crippen LogP contribution >= 0.6 is 0 Å². The average molecular weight is 226 g/mol. The molecule has 0 bridgehead atoms. The van der Waals surface area contributed by atoms with Crippen LogP contribution in [0.15, 0.2) is 0 Å². The molecule has 0 aliphatic heterocycles. The van der Waals surface area contributed by atoms with Gasteiger partial charge in [-0.1, -0.05) is 5.21 Å². The van der Waals surface area contributed by atoms with Gasteiger partial charge in [0, 0.05) is 20.1 Å². The van der Waals surface area contributed by atoms with Crippen molar-refractivity contribution in [3.05, 3.63) is 11.4 Å². The monoisotopic (exact) mass is 226 g/mol. The molecule has 0 N–H and O–H groups in total. The first-order valence-corrected chi connectivity index (χ1v) is 5.20. The van der Waals surface area contributed by atoms with Gasteiger partial charge in [-0.05, 0) is 14.1 Å². The first-order chi connectivity index (χ1) is 7.69. The number of carbonyl (C=O) groups is 1. The zero-order valence-corrected chi connectivity index (χ0v) is 10.0. The zero-order valence-electron chi connectivity index (χ0n) is 10.0. The molecule has 0 unspecified atom stereocenters. The molecule has 6 heteroatoms. The van der Waals surface area contributed by atoms with Crippen molar-refractivity contribution in [2.24, 2.45) is 0 Å². The Morgan fingerprint density at radius 3 is 2.81 bits per heavy atom. The lowest BCUT2D eigenvalue weighted by Crippen LogP contribution is -2.20. The topological polar surface area (TPSA) is 60.2 Å². The summed E-state index contributed by atoms with van der Waals surface area (Å²) in [5.41, 5.74) is 1.26. The van der Waals surface area contributed by atoms with E-state index in [1.165, 1.54) is 0 Å². The van der Waals surface area contributed by atoms with E-state index in [1.54, 1.807) is 11.8 Å². The standard InChI is InChI=1S/C10H18N4O2/c1-13(2)5-6-14-10(4-7-16-3)9(8-15)11-12-14/h8H,4-7H2,1-3H3. The minimum atomic E-state index is 0.413. The Bertz CT molecular complexity index is 336. The van der Waals surface area contributed by atoms with Gasteiger partial charge in [-0.25, -0.2) is 4.68 Å². The third kappa shape index (κ3) is 3.39. The molecule has 0 aliphatic carbocycles. The van der Waals surface area contributed by atoms with Gasteiger partial charge in [0.25, 0.3) is 0 Å². The van der Waals surface area contributed by atoms with Crippen LogP contribution in [0.25, 0.3) is 0 Å². The summed E-state index contributed by atoms with van der Waals surface area (Å²) in [6.45, 7) is 2.16. The molecule has 0 saturated carbocycles. The summed E-state index contributed by atoms with van der Waals surface area (Å²) >= 11 is 0. The minimum absolute atomic E-state index is 0.413. The van der Waals surface area contributed by atoms with Gasteiger partial charge in [-0.15, -0.1) is 5.10 Å². The number of rotatable bonds is 7. The molecule has 0 spiro atoms. The molecule has 1 heterocycles. The third-order valence-corrected chi connectivity index (χ3v) is 2.28. The summed E-state index contributed by atoms with van der Waals surface area (Å²) < 4.78 is 6.77. The van der Waals surface area contributed by atoms with E-state index in [-0.39, 0.29) is 0 Å². The Morgan fingerprint density at radius 2 is 2.25 bits per heavy atom. The molecule has 90 valence electrons. The predicted octanol–water partition coefficient (Wildman–Crippen LogP) is -0.159. The number of methoxy groups -OCH3 is 1. The van der Waals surface area contributed by atoms with E-state index >= 15 is 0 Å². The maximum Gasteiger partial charge on any atom is 0.172 e. The van der Waals surface area contributed by atoms with E-state index in [0.717, 1.165) is 25.1 Å². The molecule has 16 heavy (non-hydrogen) atoms. The summed E-state index contributed by atoms with van der Waals surface area (Å²) in [5, 5.41) is 7.80. The second-order valence-electron chi connectivity index (χ2n) is 3.81. The van der Waals surface area contributed by atoms with Crippen molar-refractivity contribution in [3.8, 4) is 0 Å². The fraction of sp³-hybridized carbons (Fsp3) is 0.700. The van der Waals surface area contributed by atoms with Crippen molar-refractivity contribution in [3.63, 3.8) is 0 Å². The molecule has 0 fully saturated rings. The van der Waals surface area contributed by atoms with E-state index in [9.17, 15) is 4.79 Å². The molecule has 0 atom stereocenters. The van der Waals surface area contributed by atoms with E-state index in [1.807, 2.05) is 14.1 Å². The van der Waals surface area contributed by atoms with Crippen LogP contribution in [-0.2, 0) is 17.7 Å². The van der Waals surface area contributed by atoms with Gasteiger partial charge < -0.3 is 9.64 Å². The molecule has 6 nitrogen and oxygen atoms in total. The second-order valence-corrected chi connectivity index (χ2v) is 3.81. The number of likely N-dealkylation sites (N-methyl/N-ethyl adjacent to an activating group) is 1. The number of nitrogens with zero attached hydrogens (tertiary/aromatic N) is 4. The van der Waals surface area contributed by atoms with Crippen LogP contribution in [-0.4, -0.2) is 60.5 Å². The van der Waals surface area contributed by atoms with Gasteiger partial charge in [0.05, 0.1) is 18.8 Å². The van der Waals surface area contributed by atoms with Crippen LogP contribution in [0.2, 0.25) is 0 Å². The smallest absolute Gasteiger partial charge is 0.172 e. The quantitative estimate of drug-likeness (QED) is 0.605. The number of aromatic nitrogens is 3. The summed E-state index contributed by atoms with van der Waals surface area (Å²) in [6.07, 6.45) is 1.40. The second kappa shape index (κ2) is 6.34. The largest absolute Gasteiger partial charge is 0.384 e. The lowest BCUT2D eigenvalue weighted by atomic mass is 10.2. The Hall–Kier alpha value is -1.27. The van der Waals surface area contributed by atoms with Crippen molar-refractivity contribution >= 4 is 6.29 Å². The van der Waals surface area contributed by atoms with Crippen LogP contribution in [0.4, 0.5) is 0 Å². The van der Waals surface area contributed by atoms with Crippen molar-refractivity contribution in [2.45, 2.75) is 13.0 Å². The van der Waals surface area contributed by atoms with Crippen molar-refractivity contribution < 1.29 is 9.53 Å². The van der Waals surface area contributed by atoms with Crippen LogP contribution in [0, 0.1) is 0 Å². The third-order valence-electron chi connectivity index (χ3n) is 2.28. The van der Waals surface area contributed by atoms with E-state index in [2.05, 4.69) is 15.2 Å². The molecule has 0 radical (unpaired) electrons. The van der Waals surface area contributed by atoms with Crippen molar-refractivity contribution in [1.29, 1.82) is 0 Å². The molecule has 0 saturated heterocycles. The van der Waals surface area contributed by atoms with Crippen LogP contribution < -0.4 is 0 Å². The fourth-order valence-corrected chi connectivity index (χ4v) is 1.37. The lowest BCUT2D eigenvalue weighted by molar-refractivity contribution is 0.111. The summed E-state index contributed by atoms with van der Waals surface area (Å²) in [7, 11) is 5.62. The predicted molar refractivity (Wildman–Crippen MR) is 59.5 cm³/mol. The molecular formula is C10H18N4O2. The molecule has 1 rings (SSSR count). The first kappa shape index (κ1) is 12.8. The number of aldehydes is 1. The SMILES string of the molecule is COCCc1c(C=O)nnn1CCN(C)C. The molecule has 1 aromatic rings. The fourth-order valence-electron chi connectivity index (χ4n) is 1.37. The van der Waals surface area contributed by atoms with Crippen molar-refractivity contribution in [1.82, 2.24) is 19.9 Å². The molecule has 1 aromatic heterocycles.